The average Bonchev–Trinajstić information content (AvgIpc) is 3.16. The predicted octanol–water partition coefficient (Wildman–Crippen LogP) is 4.91. The highest BCUT2D eigenvalue weighted by atomic mass is 35.5. The summed E-state index contributed by atoms with van der Waals surface area (Å²) < 4.78 is 2.30. The molecule has 0 radical (unpaired) electrons. The highest BCUT2D eigenvalue weighted by Crippen LogP contribution is 2.42. The van der Waals surface area contributed by atoms with E-state index in [1.54, 1.807) is 0 Å². The Morgan fingerprint density at radius 3 is 2.30 bits per heavy atom. The van der Waals surface area contributed by atoms with Crippen LogP contribution in [0, 0.1) is 0 Å². The van der Waals surface area contributed by atoms with Crippen molar-refractivity contribution in [3.05, 3.63) is 71.0 Å². The highest BCUT2D eigenvalue weighted by Gasteiger charge is 2.26. The topological polar surface area (TPSA) is 25.2 Å². The summed E-state index contributed by atoms with van der Waals surface area (Å²) in [5.41, 5.74) is 7.07. The molecule has 2 nitrogen and oxygen atoms in total. The molecule has 1 aromatic heterocycles. The lowest BCUT2D eigenvalue weighted by molar-refractivity contribution is 0.272. The molecule has 4 rings (SSSR count). The van der Waals surface area contributed by atoms with Gasteiger partial charge in [0.25, 0.3) is 0 Å². The normalized spacial score (nSPS) is 13.3. The molecular weight excluding hydrogens is 306 g/mol. The van der Waals surface area contributed by atoms with Gasteiger partial charge in [0, 0.05) is 28.4 Å². The lowest BCUT2D eigenvalue weighted by Gasteiger charge is -2.10. The van der Waals surface area contributed by atoms with E-state index in [2.05, 4.69) is 28.8 Å². The van der Waals surface area contributed by atoms with Crippen LogP contribution in [-0.4, -0.2) is 9.67 Å². The van der Waals surface area contributed by atoms with E-state index < -0.39 is 0 Å². The van der Waals surface area contributed by atoms with E-state index in [1.807, 2.05) is 30.3 Å². The fourth-order valence-electron chi connectivity index (χ4n) is 3.66. The summed E-state index contributed by atoms with van der Waals surface area (Å²) in [6, 6.07) is 18.4. The van der Waals surface area contributed by atoms with Gasteiger partial charge in [-0.25, -0.2) is 0 Å². The molecule has 1 aliphatic rings. The summed E-state index contributed by atoms with van der Waals surface area (Å²) in [5.74, 6) is 0. The number of hydrogen-bond acceptors (Lipinski definition) is 1. The molecule has 0 saturated heterocycles. The van der Waals surface area contributed by atoms with Gasteiger partial charge in [-0.2, -0.15) is 0 Å². The summed E-state index contributed by atoms with van der Waals surface area (Å²) >= 11 is 6.05. The first-order valence-corrected chi connectivity index (χ1v) is 8.34. The number of aromatic nitrogens is 1. The Bertz CT molecular complexity index is 834. The van der Waals surface area contributed by atoms with Crippen molar-refractivity contribution in [1.29, 1.82) is 0 Å². The number of nitrogens with zero attached hydrogens (tertiary/aromatic N) is 1. The largest absolute Gasteiger partial charge is 0.390 e. The van der Waals surface area contributed by atoms with E-state index in [0.717, 1.165) is 41.2 Å². The van der Waals surface area contributed by atoms with Gasteiger partial charge in [0.1, 0.15) is 0 Å². The molecule has 2 aromatic carbocycles. The predicted molar refractivity (Wildman–Crippen MR) is 94.6 cm³/mol. The van der Waals surface area contributed by atoms with Crippen molar-refractivity contribution in [1.82, 2.24) is 4.57 Å². The van der Waals surface area contributed by atoms with Gasteiger partial charge >= 0.3 is 0 Å². The summed E-state index contributed by atoms with van der Waals surface area (Å²) in [6.07, 6.45) is 2.20. The molecular formula is C20H18ClNO. The molecule has 0 spiro atoms. The van der Waals surface area contributed by atoms with Crippen molar-refractivity contribution < 1.29 is 5.11 Å². The monoisotopic (exact) mass is 323 g/mol. The van der Waals surface area contributed by atoms with Gasteiger partial charge in [-0.3, -0.25) is 0 Å². The van der Waals surface area contributed by atoms with Gasteiger partial charge in [0.2, 0.25) is 0 Å². The number of aliphatic hydroxyl groups is 1. The van der Waals surface area contributed by atoms with Crippen LogP contribution in [0.3, 0.4) is 0 Å². The Morgan fingerprint density at radius 1 is 0.913 bits per heavy atom. The maximum atomic E-state index is 10.0. The second-order valence-corrected chi connectivity index (χ2v) is 6.37. The first kappa shape index (κ1) is 14.6. The highest BCUT2D eigenvalue weighted by molar-refractivity contribution is 6.30. The second kappa shape index (κ2) is 5.88. The van der Waals surface area contributed by atoms with Crippen molar-refractivity contribution in [3.63, 3.8) is 0 Å². The number of benzene rings is 2. The van der Waals surface area contributed by atoms with Crippen molar-refractivity contribution in [2.75, 3.05) is 0 Å². The van der Waals surface area contributed by atoms with E-state index in [0.29, 0.717) is 0 Å². The maximum absolute atomic E-state index is 10.0. The van der Waals surface area contributed by atoms with Crippen LogP contribution in [0.15, 0.2) is 54.6 Å². The van der Waals surface area contributed by atoms with Crippen molar-refractivity contribution >= 4 is 11.6 Å². The van der Waals surface area contributed by atoms with Crippen LogP contribution < -0.4 is 0 Å². The van der Waals surface area contributed by atoms with Crippen molar-refractivity contribution in [2.24, 2.45) is 0 Å². The van der Waals surface area contributed by atoms with Crippen LogP contribution >= 0.6 is 11.6 Å². The first-order valence-electron chi connectivity index (χ1n) is 7.96. The van der Waals surface area contributed by atoms with Crippen LogP contribution in [0.4, 0.5) is 0 Å². The van der Waals surface area contributed by atoms with E-state index in [4.69, 9.17) is 11.6 Å². The minimum Gasteiger partial charge on any atom is -0.390 e. The maximum Gasteiger partial charge on any atom is 0.0839 e. The standard InChI is InChI=1S/C20H18ClNO/c21-16-10-8-15(9-11-16)20-18(13-23)22-12-4-7-17(22)19(20)14-5-2-1-3-6-14/h1-3,5-6,8-11,23H,4,7,12-13H2. The molecule has 0 aliphatic carbocycles. The Morgan fingerprint density at radius 2 is 1.61 bits per heavy atom. The lowest BCUT2D eigenvalue weighted by Crippen LogP contribution is -2.00. The molecule has 0 atom stereocenters. The van der Waals surface area contributed by atoms with Crippen LogP contribution in [0.5, 0.6) is 0 Å². The van der Waals surface area contributed by atoms with Gasteiger partial charge in [0.05, 0.1) is 12.3 Å². The molecule has 3 heteroatoms. The van der Waals surface area contributed by atoms with Crippen LogP contribution in [-0.2, 0) is 19.6 Å². The number of rotatable bonds is 3. The van der Waals surface area contributed by atoms with Gasteiger partial charge in [-0.05, 0) is 36.1 Å². The van der Waals surface area contributed by atoms with E-state index in [9.17, 15) is 5.11 Å². The molecule has 23 heavy (non-hydrogen) atoms. The number of aliphatic hydroxyl groups excluding tert-OH is 1. The first-order chi connectivity index (χ1) is 11.3. The number of halogens is 1. The van der Waals surface area contributed by atoms with Gasteiger partial charge in [-0.15, -0.1) is 0 Å². The molecule has 116 valence electrons. The second-order valence-electron chi connectivity index (χ2n) is 5.93. The van der Waals surface area contributed by atoms with Crippen LogP contribution in [0.1, 0.15) is 17.8 Å². The van der Waals surface area contributed by atoms with Crippen molar-refractivity contribution in [2.45, 2.75) is 26.0 Å². The Kier molecular flexibility index (Phi) is 3.72. The van der Waals surface area contributed by atoms with Gasteiger partial charge < -0.3 is 9.67 Å². The third-order valence-electron chi connectivity index (χ3n) is 4.62. The minimum atomic E-state index is 0.0534. The minimum absolute atomic E-state index is 0.0534. The summed E-state index contributed by atoms with van der Waals surface area (Å²) in [4.78, 5) is 0. The molecule has 0 bridgehead atoms. The summed E-state index contributed by atoms with van der Waals surface area (Å²) in [5, 5.41) is 10.7. The average molecular weight is 324 g/mol. The Labute approximate surface area is 141 Å². The Balaban J connectivity index is 2.02. The van der Waals surface area contributed by atoms with Crippen LogP contribution in [0.25, 0.3) is 22.3 Å². The smallest absolute Gasteiger partial charge is 0.0839 e. The fourth-order valence-corrected chi connectivity index (χ4v) is 3.79. The molecule has 0 fully saturated rings. The Hall–Kier alpha value is -2.03. The molecule has 1 aliphatic heterocycles. The number of hydrogen-bond donors (Lipinski definition) is 1. The molecule has 2 heterocycles. The van der Waals surface area contributed by atoms with Gasteiger partial charge in [0.15, 0.2) is 0 Å². The summed E-state index contributed by atoms with van der Waals surface area (Å²) in [7, 11) is 0. The molecule has 0 amide bonds. The van der Waals surface area contributed by atoms with E-state index in [-0.39, 0.29) is 6.61 Å². The molecule has 0 unspecified atom stereocenters. The zero-order chi connectivity index (χ0) is 15.8. The quantitative estimate of drug-likeness (QED) is 0.727. The summed E-state index contributed by atoms with van der Waals surface area (Å²) in [6.45, 7) is 1.04. The molecule has 1 N–H and O–H groups in total. The molecule has 3 aromatic rings. The fraction of sp³-hybridized carbons (Fsp3) is 0.200. The zero-order valence-corrected chi connectivity index (χ0v) is 13.6. The zero-order valence-electron chi connectivity index (χ0n) is 12.8. The third kappa shape index (κ3) is 2.39. The van der Waals surface area contributed by atoms with Crippen molar-refractivity contribution in [3.8, 4) is 22.3 Å². The SMILES string of the molecule is OCc1c(-c2ccc(Cl)cc2)c(-c2ccccc2)c2n1CCC2. The third-order valence-corrected chi connectivity index (χ3v) is 4.87. The van der Waals surface area contributed by atoms with E-state index in [1.165, 1.54) is 16.8 Å². The van der Waals surface area contributed by atoms with E-state index >= 15 is 0 Å². The number of fused-ring (bicyclic) bond motifs is 1. The molecule has 0 saturated carbocycles. The van der Waals surface area contributed by atoms with Gasteiger partial charge in [-0.1, -0.05) is 54.1 Å². The lowest BCUT2D eigenvalue weighted by atomic mass is 9.94. The van der Waals surface area contributed by atoms with Crippen LogP contribution in [0.2, 0.25) is 5.02 Å².